The van der Waals surface area contributed by atoms with Crippen molar-refractivity contribution in [2.75, 3.05) is 17.3 Å². The molecule has 8 nitrogen and oxygen atoms in total. The van der Waals surface area contributed by atoms with Gasteiger partial charge in [-0.15, -0.1) is 0 Å². The van der Waals surface area contributed by atoms with Crippen LogP contribution in [0.15, 0.2) is 105 Å². The number of ether oxygens (including phenoxy) is 1. The standard InChI is InChI=1S/C33H24BrN3O5S2/c1-42-22-15-13-21(14-16-22)37-30(39)27-26(19-9-11-20(34)12-10-19)29-32(43-28(27)31(37)40)36(33(41)44-29)17-25(38)35-24-8-4-6-18-5-2-3-7-23(18)24/h2-16,26-28H,17H2,1H3,(H,35,38)/t26-,27-,28+/m0/s1. The van der Waals surface area contributed by atoms with Gasteiger partial charge in [0.25, 0.3) is 0 Å². The highest BCUT2D eigenvalue weighted by atomic mass is 79.9. The van der Waals surface area contributed by atoms with Crippen LogP contribution in [0.5, 0.6) is 5.75 Å². The zero-order chi connectivity index (χ0) is 30.5. The van der Waals surface area contributed by atoms with Gasteiger partial charge in [0.2, 0.25) is 17.7 Å². The number of hydrogen-bond acceptors (Lipinski definition) is 7. The first-order valence-electron chi connectivity index (χ1n) is 13.8. The van der Waals surface area contributed by atoms with Crippen LogP contribution >= 0.6 is 39.0 Å². The second kappa shape index (κ2) is 11.4. The largest absolute Gasteiger partial charge is 0.497 e. The summed E-state index contributed by atoms with van der Waals surface area (Å²) in [7, 11) is 1.55. The van der Waals surface area contributed by atoms with E-state index in [-0.39, 0.29) is 29.1 Å². The molecule has 2 aliphatic heterocycles. The van der Waals surface area contributed by atoms with E-state index in [2.05, 4.69) is 21.2 Å². The fraction of sp³-hybridized carbons (Fsp3) is 0.152. The Labute approximate surface area is 268 Å². The number of methoxy groups -OCH3 is 1. The number of anilines is 2. The molecule has 7 rings (SSSR count). The van der Waals surface area contributed by atoms with Gasteiger partial charge in [-0.25, -0.2) is 4.90 Å². The molecule has 44 heavy (non-hydrogen) atoms. The van der Waals surface area contributed by atoms with Gasteiger partial charge in [0.05, 0.1) is 23.7 Å². The van der Waals surface area contributed by atoms with Crippen molar-refractivity contribution in [1.29, 1.82) is 0 Å². The molecule has 220 valence electrons. The van der Waals surface area contributed by atoms with Crippen LogP contribution in [0.2, 0.25) is 0 Å². The Kier molecular flexibility index (Phi) is 7.39. The molecular formula is C33H24BrN3O5S2. The van der Waals surface area contributed by atoms with Crippen molar-refractivity contribution in [3.63, 3.8) is 0 Å². The number of amides is 3. The molecule has 3 amide bonds. The lowest BCUT2D eigenvalue weighted by molar-refractivity contribution is -0.122. The number of halogens is 1. The topological polar surface area (TPSA) is 97.7 Å². The maximum absolute atomic E-state index is 14.1. The van der Waals surface area contributed by atoms with Crippen LogP contribution in [-0.2, 0) is 20.9 Å². The maximum atomic E-state index is 14.1. The first-order valence-corrected chi connectivity index (χ1v) is 16.3. The van der Waals surface area contributed by atoms with E-state index in [1.54, 1.807) is 31.4 Å². The van der Waals surface area contributed by atoms with Crippen molar-refractivity contribution < 1.29 is 19.1 Å². The van der Waals surface area contributed by atoms with E-state index < -0.39 is 17.1 Å². The molecule has 1 fully saturated rings. The third-order valence-corrected chi connectivity index (χ3v) is 11.1. The maximum Gasteiger partial charge on any atom is 0.308 e. The highest BCUT2D eigenvalue weighted by Crippen LogP contribution is 2.54. The van der Waals surface area contributed by atoms with Crippen LogP contribution < -0.4 is 19.8 Å². The van der Waals surface area contributed by atoms with Gasteiger partial charge < -0.3 is 10.1 Å². The van der Waals surface area contributed by atoms with Gasteiger partial charge in [-0.05, 0) is 53.4 Å². The SMILES string of the molecule is COc1ccc(N2C(=O)[C@H]3[C@H](c4ccc(Br)cc4)c4sc(=O)n(CC(=O)Nc5cccc6ccccc56)c4S[C@H]3C2=O)cc1. The molecule has 3 heterocycles. The molecule has 4 aromatic carbocycles. The summed E-state index contributed by atoms with van der Waals surface area (Å²) in [6, 6.07) is 27.8. The van der Waals surface area contributed by atoms with Gasteiger partial charge in [-0.3, -0.25) is 23.7 Å². The number of carbonyl (C=O) groups excluding carboxylic acids is 3. The molecule has 0 spiro atoms. The summed E-state index contributed by atoms with van der Waals surface area (Å²) in [6.07, 6.45) is 0. The molecule has 0 aliphatic carbocycles. The Morgan fingerprint density at radius 2 is 1.64 bits per heavy atom. The van der Waals surface area contributed by atoms with Gasteiger partial charge in [-0.1, -0.05) is 87.6 Å². The summed E-state index contributed by atoms with van der Waals surface area (Å²) in [6.45, 7) is -0.227. The number of fused-ring (bicyclic) bond motifs is 3. The van der Waals surface area contributed by atoms with Gasteiger partial charge in [0.15, 0.2) is 0 Å². The van der Waals surface area contributed by atoms with Crippen LogP contribution in [0.25, 0.3) is 10.8 Å². The first-order chi connectivity index (χ1) is 21.3. The summed E-state index contributed by atoms with van der Waals surface area (Å²) >= 11 is 5.69. The lowest BCUT2D eigenvalue weighted by Gasteiger charge is -2.30. The molecule has 0 radical (unpaired) electrons. The number of hydrogen-bond donors (Lipinski definition) is 1. The van der Waals surface area contributed by atoms with E-state index in [9.17, 15) is 19.2 Å². The highest BCUT2D eigenvalue weighted by Gasteiger charge is 2.56. The van der Waals surface area contributed by atoms with Crippen molar-refractivity contribution in [1.82, 2.24) is 4.57 Å². The number of thioether (sulfide) groups is 1. The lowest BCUT2D eigenvalue weighted by Crippen LogP contribution is -2.33. The van der Waals surface area contributed by atoms with Gasteiger partial charge >= 0.3 is 4.87 Å². The third kappa shape index (κ3) is 4.85. The molecule has 5 aromatic rings. The van der Waals surface area contributed by atoms with Gasteiger partial charge in [-0.2, -0.15) is 0 Å². The average molecular weight is 687 g/mol. The molecule has 0 saturated carbocycles. The van der Waals surface area contributed by atoms with E-state index in [0.717, 1.165) is 32.1 Å². The monoisotopic (exact) mass is 685 g/mol. The van der Waals surface area contributed by atoms with Crippen LogP contribution in [0, 0.1) is 5.92 Å². The Balaban J connectivity index is 1.27. The minimum atomic E-state index is -0.771. The average Bonchev–Trinajstić information content (AvgIpc) is 3.48. The van der Waals surface area contributed by atoms with Crippen molar-refractivity contribution in [2.45, 2.75) is 22.7 Å². The molecular weight excluding hydrogens is 662 g/mol. The Morgan fingerprint density at radius 1 is 0.909 bits per heavy atom. The van der Waals surface area contributed by atoms with Crippen LogP contribution in [0.4, 0.5) is 11.4 Å². The van der Waals surface area contributed by atoms with E-state index in [0.29, 0.717) is 27.0 Å². The van der Waals surface area contributed by atoms with Crippen LogP contribution in [-0.4, -0.2) is 34.6 Å². The van der Waals surface area contributed by atoms with Crippen molar-refractivity contribution in [2.24, 2.45) is 5.92 Å². The summed E-state index contributed by atoms with van der Waals surface area (Å²) in [5, 5.41) is 4.61. The fourth-order valence-electron chi connectivity index (χ4n) is 5.94. The fourth-order valence-corrected chi connectivity index (χ4v) is 8.98. The van der Waals surface area contributed by atoms with Crippen molar-refractivity contribution in [3.05, 3.63) is 116 Å². The van der Waals surface area contributed by atoms with E-state index >= 15 is 0 Å². The van der Waals surface area contributed by atoms with Crippen molar-refractivity contribution in [3.8, 4) is 5.75 Å². The lowest BCUT2D eigenvalue weighted by atomic mass is 9.83. The molecule has 0 bridgehead atoms. The number of nitrogens with one attached hydrogen (secondary N) is 1. The second-order valence-electron chi connectivity index (χ2n) is 10.5. The summed E-state index contributed by atoms with van der Waals surface area (Å²) in [4.78, 5) is 56.4. The quantitative estimate of drug-likeness (QED) is 0.212. The number of imide groups is 1. The molecule has 1 aromatic heterocycles. The minimum Gasteiger partial charge on any atom is -0.497 e. The number of benzene rings is 4. The molecule has 1 N–H and O–H groups in total. The highest BCUT2D eigenvalue weighted by molar-refractivity contribution is 9.10. The number of rotatable bonds is 6. The third-order valence-electron chi connectivity index (χ3n) is 7.97. The van der Waals surface area contributed by atoms with E-state index in [1.165, 1.54) is 21.2 Å². The predicted molar refractivity (Wildman–Crippen MR) is 176 cm³/mol. The van der Waals surface area contributed by atoms with Crippen LogP contribution in [0.1, 0.15) is 16.4 Å². The number of nitrogens with zero attached hydrogens (tertiary/aromatic N) is 2. The van der Waals surface area contributed by atoms with E-state index in [4.69, 9.17) is 4.74 Å². The Hall–Kier alpha value is -4.19. The Bertz CT molecular complexity index is 2000. The number of carbonyl (C=O) groups is 3. The van der Waals surface area contributed by atoms with Crippen molar-refractivity contribution >= 4 is 78.9 Å². The summed E-state index contributed by atoms with van der Waals surface area (Å²) < 4.78 is 7.55. The van der Waals surface area contributed by atoms with E-state index in [1.807, 2.05) is 66.7 Å². The zero-order valence-electron chi connectivity index (χ0n) is 23.2. The Morgan fingerprint density at radius 3 is 2.39 bits per heavy atom. The number of aromatic nitrogens is 1. The normalized spacial score (nSPS) is 19.1. The smallest absolute Gasteiger partial charge is 0.308 e. The minimum absolute atomic E-state index is 0.227. The van der Waals surface area contributed by atoms with Crippen LogP contribution in [0.3, 0.4) is 0 Å². The predicted octanol–water partition coefficient (Wildman–Crippen LogP) is 6.27. The molecule has 11 heteroatoms. The van der Waals surface area contributed by atoms with Gasteiger partial charge in [0, 0.05) is 26.3 Å². The summed E-state index contributed by atoms with van der Waals surface area (Å²) in [5.74, 6) is -1.69. The van der Waals surface area contributed by atoms with Gasteiger partial charge in [0.1, 0.15) is 17.5 Å². The molecule has 2 aliphatic rings. The number of thiazole rings is 1. The summed E-state index contributed by atoms with van der Waals surface area (Å²) in [5.41, 5.74) is 1.93. The zero-order valence-corrected chi connectivity index (χ0v) is 26.4. The second-order valence-corrected chi connectivity index (χ2v) is 13.5. The first kappa shape index (κ1) is 28.6. The molecule has 1 saturated heterocycles. The molecule has 3 atom stereocenters. The molecule has 0 unspecified atom stereocenters.